The molecule has 2 heterocycles. The SMILES string of the molecule is Cc1csc2c(OCCN)ncnc12. The molecule has 0 saturated carbocycles. The highest BCUT2D eigenvalue weighted by atomic mass is 32.1. The van der Waals surface area contributed by atoms with Gasteiger partial charge in [0.25, 0.3) is 0 Å². The summed E-state index contributed by atoms with van der Waals surface area (Å²) in [6, 6.07) is 0. The van der Waals surface area contributed by atoms with Gasteiger partial charge in [0.15, 0.2) is 0 Å². The zero-order chi connectivity index (χ0) is 9.97. The Hall–Kier alpha value is -1.20. The van der Waals surface area contributed by atoms with Crippen LogP contribution in [-0.4, -0.2) is 23.1 Å². The molecule has 0 bridgehead atoms. The Balaban J connectivity index is 2.44. The molecule has 2 N–H and O–H groups in total. The van der Waals surface area contributed by atoms with Crippen molar-refractivity contribution in [2.75, 3.05) is 13.2 Å². The van der Waals surface area contributed by atoms with Gasteiger partial charge in [-0.05, 0) is 17.9 Å². The van der Waals surface area contributed by atoms with Crippen molar-refractivity contribution in [2.24, 2.45) is 5.73 Å². The predicted molar refractivity (Wildman–Crippen MR) is 56.7 cm³/mol. The topological polar surface area (TPSA) is 61.0 Å². The van der Waals surface area contributed by atoms with E-state index in [0.29, 0.717) is 19.0 Å². The number of ether oxygens (including phenoxy) is 1. The molecule has 74 valence electrons. The van der Waals surface area contributed by atoms with Crippen LogP contribution in [0.1, 0.15) is 5.56 Å². The van der Waals surface area contributed by atoms with Crippen LogP contribution in [0.5, 0.6) is 5.88 Å². The Bertz CT molecular complexity index is 441. The van der Waals surface area contributed by atoms with Crippen LogP contribution in [0, 0.1) is 6.92 Å². The maximum atomic E-state index is 5.42. The zero-order valence-corrected chi connectivity index (χ0v) is 8.67. The van der Waals surface area contributed by atoms with Crippen LogP contribution in [0.2, 0.25) is 0 Å². The quantitative estimate of drug-likeness (QED) is 0.828. The van der Waals surface area contributed by atoms with Crippen molar-refractivity contribution in [3.63, 3.8) is 0 Å². The van der Waals surface area contributed by atoms with E-state index in [1.54, 1.807) is 11.3 Å². The number of aromatic nitrogens is 2. The number of hydrogen-bond donors (Lipinski definition) is 1. The zero-order valence-electron chi connectivity index (χ0n) is 7.86. The van der Waals surface area contributed by atoms with Crippen molar-refractivity contribution in [2.45, 2.75) is 6.92 Å². The molecule has 0 radical (unpaired) electrons. The third-order valence-electron chi connectivity index (χ3n) is 1.85. The van der Waals surface area contributed by atoms with Gasteiger partial charge in [0.05, 0.1) is 5.52 Å². The number of aryl methyl sites for hydroxylation is 1. The van der Waals surface area contributed by atoms with Crippen molar-refractivity contribution in [3.05, 3.63) is 17.3 Å². The Morgan fingerprint density at radius 1 is 1.50 bits per heavy atom. The lowest BCUT2D eigenvalue weighted by molar-refractivity contribution is 0.320. The lowest BCUT2D eigenvalue weighted by Crippen LogP contribution is -2.11. The van der Waals surface area contributed by atoms with Crippen LogP contribution in [-0.2, 0) is 0 Å². The Morgan fingerprint density at radius 2 is 2.36 bits per heavy atom. The summed E-state index contributed by atoms with van der Waals surface area (Å²) in [5, 5.41) is 2.05. The second-order valence-electron chi connectivity index (χ2n) is 2.91. The minimum Gasteiger partial charge on any atom is -0.475 e. The summed E-state index contributed by atoms with van der Waals surface area (Å²) in [4.78, 5) is 8.28. The van der Waals surface area contributed by atoms with E-state index in [0.717, 1.165) is 15.8 Å². The molecule has 0 saturated heterocycles. The molecule has 0 atom stereocenters. The highest BCUT2D eigenvalue weighted by Gasteiger charge is 2.08. The molecule has 4 nitrogen and oxygen atoms in total. The van der Waals surface area contributed by atoms with E-state index >= 15 is 0 Å². The summed E-state index contributed by atoms with van der Waals surface area (Å²) in [5.74, 6) is 0.638. The number of fused-ring (bicyclic) bond motifs is 1. The minimum atomic E-state index is 0.489. The summed E-state index contributed by atoms with van der Waals surface area (Å²) in [6.07, 6.45) is 1.52. The minimum absolute atomic E-state index is 0.489. The molecular formula is C9H11N3OS. The molecule has 0 fully saturated rings. The average Bonchev–Trinajstić information content (AvgIpc) is 2.58. The van der Waals surface area contributed by atoms with Crippen LogP contribution in [0.4, 0.5) is 0 Å². The Labute approximate surface area is 85.7 Å². The van der Waals surface area contributed by atoms with E-state index in [1.165, 1.54) is 6.33 Å². The van der Waals surface area contributed by atoms with Gasteiger partial charge in [-0.1, -0.05) is 0 Å². The van der Waals surface area contributed by atoms with Crippen LogP contribution >= 0.6 is 11.3 Å². The molecule has 2 aromatic heterocycles. The molecule has 0 amide bonds. The summed E-state index contributed by atoms with van der Waals surface area (Å²) >= 11 is 1.60. The van der Waals surface area contributed by atoms with Crippen LogP contribution in [0.3, 0.4) is 0 Å². The van der Waals surface area contributed by atoms with E-state index in [4.69, 9.17) is 10.5 Å². The maximum Gasteiger partial charge on any atom is 0.234 e. The molecule has 2 rings (SSSR count). The van der Waals surface area contributed by atoms with Crippen molar-refractivity contribution in [3.8, 4) is 5.88 Å². The number of hydrogen-bond acceptors (Lipinski definition) is 5. The van der Waals surface area contributed by atoms with Gasteiger partial charge in [0, 0.05) is 6.54 Å². The van der Waals surface area contributed by atoms with Gasteiger partial charge in [0.1, 0.15) is 17.6 Å². The van der Waals surface area contributed by atoms with Gasteiger partial charge < -0.3 is 10.5 Å². The largest absolute Gasteiger partial charge is 0.475 e. The highest BCUT2D eigenvalue weighted by molar-refractivity contribution is 7.17. The van der Waals surface area contributed by atoms with Gasteiger partial charge in [-0.2, -0.15) is 0 Å². The maximum absolute atomic E-state index is 5.42. The summed E-state index contributed by atoms with van der Waals surface area (Å²) < 4.78 is 6.41. The lowest BCUT2D eigenvalue weighted by atomic mass is 10.3. The molecule has 5 heteroatoms. The summed E-state index contributed by atoms with van der Waals surface area (Å²) in [6.45, 7) is 3.01. The van der Waals surface area contributed by atoms with Crippen LogP contribution in [0.15, 0.2) is 11.7 Å². The Kier molecular flexibility index (Phi) is 2.60. The third kappa shape index (κ3) is 1.56. The molecule has 0 aromatic carbocycles. The number of rotatable bonds is 3. The number of thiophene rings is 1. The fourth-order valence-electron chi connectivity index (χ4n) is 1.21. The third-order valence-corrected chi connectivity index (χ3v) is 2.93. The van der Waals surface area contributed by atoms with Gasteiger partial charge >= 0.3 is 0 Å². The molecule has 0 aliphatic carbocycles. The summed E-state index contributed by atoms with van der Waals surface area (Å²) in [5.41, 5.74) is 7.49. The number of nitrogens with zero attached hydrogens (tertiary/aromatic N) is 2. The molecule has 2 aromatic rings. The van der Waals surface area contributed by atoms with Crippen molar-refractivity contribution >= 4 is 21.6 Å². The van der Waals surface area contributed by atoms with E-state index in [2.05, 4.69) is 15.3 Å². The Morgan fingerprint density at radius 3 is 3.14 bits per heavy atom. The van der Waals surface area contributed by atoms with Gasteiger partial charge in [0.2, 0.25) is 5.88 Å². The first-order valence-corrected chi connectivity index (χ1v) is 5.22. The molecular weight excluding hydrogens is 198 g/mol. The highest BCUT2D eigenvalue weighted by Crippen LogP contribution is 2.29. The fourth-order valence-corrected chi connectivity index (χ4v) is 2.15. The predicted octanol–water partition coefficient (Wildman–Crippen LogP) is 1.34. The molecule has 0 unspecified atom stereocenters. The fraction of sp³-hybridized carbons (Fsp3) is 0.333. The first-order valence-electron chi connectivity index (χ1n) is 4.34. The van der Waals surface area contributed by atoms with E-state index < -0.39 is 0 Å². The van der Waals surface area contributed by atoms with E-state index in [-0.39, 0.29) is 0 Å². The standard InChI is InChI=1S/C9H11N3OS/c1-6-4-14-8-7(6)11-5-12-9(8)13-3-2-10/h4-5H,2-3,10H2,1H3. The van der Waals surface area contributed by atoms with E-state index in [9.17, 15) is 0 Å². The molecule has 14 heavy (non-hydrogen) atoms. The first-order chi connectivity index (χ1) is 6.83. The molecule has 0 aliphatic rings. The van der Waals surface area contributed by atoms with Crippen LogP contribution in [0.25, 0.3) is 10.2 Å². The monoisotopic (exact) mass is 209 g/mol. The second kappa shape index (κ2) is 3.89. The van der Waals surface area contributed by atoms with Crippen LogP contribution < -0.4 is 10.5 Å². The first kappa shape index (κ1) is 9.36. The molecule has 0 aliphatic heterocycles. The van der Waals surface area contributed by atoms with E-state index in [1.807, 2.05) is 6.92 Å². The van der Waals surface area contributed by atoms with Crippen molar-refractivity contribution in [1.82, 2.24) is 9.97 Å². The van der Waals surface area contributed by atoms with Gasteiger partial charge in [-0.15, -0.1) is 11.3 Å². The van der Waals surface area contributed by atoms with Gasteiger partial charge in [-0.3, -0.25) is 0 Å². The summed E-state index contributed by atoms with van der Waals surface area (Å²) in [7, 11) is 0. The second-order valence-corrected chi connectivity index (χ2v) is 3.79. The molecule has 0 spiro atoms. The smallest absolute Gasteiger partial charge is 0.234 e. The normalized spacial score (nSPS) is 10.7. The average molecular weight is 209 g/mol. The lowest BCUT2D eigenvalue weighted by Gasteiger charge is -2.03. The van der Waals surface area contributed by atoms with Crippen molar-refractivity contribution in [1.29, 1.82) is 0 Å². The van der Waals surface area contributed by atoms with Crippen molar-refractivity contribution < 1.29 is 4.74 Å². The number of nitrogens with two attached hydrogens (primary N) is 1. The van der Waals surface area contributed by atoms with Gasteiger partial charge in [-0.25, -0.2) is 9.97 Å².